The van der Waals surface area contributed by atoms with Crippen molar-refractivity contribution >= 4 is 0 Å². The maximum atomic E-state index is 14.1. The summed E-state index contributed by atoms with van der Waals surface area (Å²) in [6, 6.07) is 9.66. The van der Waals surface area contributed by atoms with Crippen LogP contribution in [-0.2, 0) is 13.1 Å². The Labute approximate surface area is 151 Å². The predicted molar refractivity (Wildman–Crippen MR) is 94.9 cm³/mol. The number of hydrogen-bond donors (Lipinski definition) is 1. The van der Waals surface area contributed by atoms with E-state index in [-0.39, 0.29) is 17.5 Å². The smallest absolute Gasteiger partial charge is 0.161 e. The van der Waals surface area contributed by atoms with Gasteiger partial charge in [-0.3, -0.25) is 4.90 Å². The molecule has 0 radical (unpaired) electrons. The number of nitrogens with two attached hydrogens (primary N) is 1. The number of allylic oxidation sites excluding steroid dienone is 1. The van der Waals surface area contributed by atoms with Crippen LogP contribution in [0, 0.1) is 17.5 Å². The number of halogens is 3. The zero-order chi connectivity index (χ0) is 18.3. The van der Waals surface area contributed by atoms with E-state index in [0.29, 0.717) is 18.9 Å². The van der Waals surface area contributed by atoms with Crippen molar-refractivity contribution in [3.8, 4) is 0 Å². The van der Waals surface area contributed by atoms with Gasteiger partial charge in [-0.15, -0.1) is 0 Å². The van der Waals surface area contributed by atoms with Crippen molar-refractivity contribution < 1.29 is 13.2 Å². The summed E-state index contributed by atoms with van der Waals surface area (Å²) in [5.41, 5.74) is 10.4. The topological polar surface area (TPSA) is 29.3 Å². The van der Waals surface area contributed by atoms with E-state index in [9.17, 15) is 13.2 Å². The lowest BCUT2D eigenvalue weighted by atomic mass is 9.80. The molecule has 0 unspecified atom stereocenters. The molecule has 2 N–H and O–H groups in total. The second kappa shape index (κ2) is 6.89. The second-order valence-electron chi connectivity index (χ2n) is 7.27. The Morgan fingerprint density at radius 3 is 2.27 bits per heavy atom. The Morgan fingerprint density at radius 1 is 0.962 bits per heavy atom. The highest BCUT2D eigenvalue weighted by Crippen LogP contribution is 2.34. The predicted octanol–water partition coefficient (Wildman–Crippen LogP) is 4.25. The van der Waals surface area contributed by atoms with Crippen molar-refractivity contribution in [2.24, 2.45) is 5.73 Å². The van der Waals surface area contributed by atoms with Crippen LogP contribution in [0.4, 0.5) is 13.2 Å². The first-order valence-corrected chi connectivity index (χ1v) is 8.88. The number of hydrogen-bond acceptors (Lipinski definition) is 2. The van der Waals surface area contributed by atoms with Gasteiger partial charge in [0.05, 0.1) is 0 Å². The minimum absolute atomic E-state index is 0.167. The van der Waals surface area contributed by atoms with E-state index in [1.807, 2.05) is 0 Å². The van der Waals surface area contributed by atoms with E-state index >= 15 is 0 Å². The number of rotatable bonds is 3. The van der Waals surface area contributed by atoms with E-state index in [0.717, 1.165) is 25.7 Å². The molecule has 2 aromatic rings. The van der Waals surface area contributed by atoms with Crippen molar-refractivity contribution in [2.45, 2.75) is 37.9 Å². The Hall–Kier alpha value is -2.11. The van der Waals surface area contributed by atoms with E-state index in [4.69, 9.17) is 5.73 Å². The molecule has 2 aromatic carbocycles. The Bertz CT molecular complexity index is 837. The van der Waals surface area contributed by atoms with E-state index in [2.05, 4.69) is 35.2 Å². The van der Waals surface area contributed by atoms with Crippen LogP contribution < -0.4 is 5.73 Å². The molecule has 0 fully saturated rings. The quantitative estimate of drug-likeness (QED) is 0.656. The molecule has 1 aliphatic heterocycles. The maximum absolute atomic E-state index is 14.1. The molecule has 4 rings (SSSR count). The van der Waals surface area contributed by atoms with Gasteiger partial charge in [-0.2, -0.15) is 0 Å². The molecule has 26 heavy (non-hydrogen) atoms. The van der Waals surface area contributed by atoms with Gasteiger partial charge in [-0.05, 0) is 35.6 Å². The molecule has 136 valence electrons. The Kier molecular flexibility index (Phi) is 4.59. The summed E-state index contributed by atoms with van der Waals surface area (Å²) in [4.78, 5) is 2.36. The molecule has 0 aromatic heterocycles. The molecule has 0 spiro atoms. The third-order valence-corrected chi connectivity index (χ3v) is 5.45. The first kappa shape index (κ1) is 17.3. The summed E-state index contributed by atoms with van der Waals surface area (Å²) in [5.74, 6) is -3.25. The van der Waals surface area contributed by atoms with Crippen LogP contribution in [0.1, 0.15) is 35.4 Å². The highest BCUT2D eigenvalue weighted by atomic mass is 19.2. The van der Waals surface area contributed by atoms with Crippen molar-refractivity contribution in [2.75, 3.05) is 6.54 Å². The van der Waals surface area contributed by atoms with Crippen molar-refractivity contribution in [1.29, 1.82) is 0 Å². The van der Waals surface area contributed by atoms with E-state index in [1.54, 1.807) is 0 Å². The minimum atomic E-state index is -1.17. The first-order chi connectivity index (χ1) is 12.5. The number of benzene rings is 2. The van der Waals surface area contributed by atoms with Gasteiger partial charge in [0.15, 0.2) is 11.6 Å². The summed E-state index contributed by atoms with van der Waals surface area (Å²) >= 11 is 0. The normalized spacial score (nSPS) is 23.0. The zero-order valence-electron chi connectivity index (χ0n) is 14.4. The molecule has 2 atom stereocenters. The average Bonchev–Trinajstić information content (AvgIpc) is 3.01. The maximum Gasteiger partial charge on any atom is 0.161 e. The molecule has 0 saturated heterocycles. The summed E-state index contributed by atoms with van der Waals surface area (Å²) in [6.07, 6.45) is 3.26. The van der Waals surface area contributed by atoms with Crippen molar-refractivity contribution in [1.82, 2.24) is 4.90 Å². The summed E-state index contributed by atoms with van der Waals surface area (Å²) < 4.78 is 40.7. The largest absolute Gasteiger partial charge is 0.327 e. The molecule has 0 bridgehead atoms. The number of fused-ring (bicyclic) bond motifs is 1. The lowest BCUT2D eigenvalue weighted by Gasteiger charge is -2.31. The third kappa shape index (κ3) is 3.29. The van der Waals surface area contributed by atoms with Gasteiger partial charge >= 0.3 is 0 Å². The van der Waals surface area contributed by atoms with Crippen LogP contribution in [0.25, 0.3) is 0 Å². The summed E-state index contributed by atoms with van der Waals surface area (Å²) in [5, 5.41) is 0. The SMILES string of the molecule is N[C@@H]1CC(CN2Cc3ccccc3C2)=CC[C@H]1c1cc(F)c(F)cc1F. The van der Waals surface area contributed by atoms with Crippen LogP contribution in [-0.4, -0.2) is 17.5 Å². The van der Waals surface area contributed by atoms with Gasteiger partial charge in [0.25, 0.3) is 0 Å². The summed E-state index contributed by atoms with van der Waals surface area (Å²) in [7, 11) is 0. The fourth-order valence-corrected chi connectivity index (χ4v) is 4.11. The Morgan fingerprint density at radius 2 is 1.62 bits per heavy atom. The molecular weight excluding hydrogens is 337 g/mol. The van der Waals surface area contributed by atoms with Crippen LogP contribution in [0.15, 0.2) is 48.0 Å². The van der Waals surface area contributed by atoms with Gasteiger partial charge in [0.2, 0.25) is 0 Å². The van der Waals surface area contributed by atoms with Gasteiger partial charge in [-0.25, -0.2) is 13.2 Å². The van der Waals surface area contributed by atoms with Gasteiger partial charge in [0.1, 0.15) is 5.82 Å². The lowest BCUT2D eigenvalue weighted by Crippen LogP contribution is -2.34. The fourth-order valence-electron chi connectivity index (χ4n) is 4.11. The standard InChI is InChI=1S/C21H21F3N2/c22-18-9-20(24)19(23)8-17(18)16-6-5-13(7-21(16)25)10-26-11-14-3-1-2-4-15(14)12-26/h1-5,8-9,16,21H,6-7,10-12,25H2/t16-,21+/m0/s1. The molecule has 2 aliphatic rings. The molecule has 2 nitrogen and oxygen atoms in total. The molecule has 1 aliphatic carbocycles. The van der Waals surface area contributed by atoms with Crippen LogP contribution in [0.3, 0.4) is 0 Å². The van der Waals surface area contributed by atoms with E-state index in [1.165, 1.54) is 16.7 Å². The van der Waals surface area contributed by atoms with Gasteiger partial charge in [-0.1, -0.05) is 35.9 Å². The molecule has 5 heteroatoms. The Balaban J connectivity index is 1.46. The van der Waals surface area contributed by atoms with Crippen LogP contribution >= 0.6 is 0 Å². The van der Waals surface area contributed by atoms with Crippen LogP contribution in [0.2, 0.25) is 0 Å². The van der Waals surface area contributed by atoms with Crippen molar-refractivity contribution in [3.05, 3.63) is 82.2 Å². The highest BCUT2D eigenvalue weighted by molar-refractivity contribution is 5.32. The molecular formula is C21H21F3N2. The van der Waals surface area contributed by atoms with Gasteiger partial charge < -0.3 is 5.73 Å². The monoisotopic (exact) mass is 358 g/mol. The van der Waals surface area contributed by atoms with Gasteiger partial charge in [0, 0.05) is 37.7 Å². The fraction of sp³-hybridized carbons (Fsp3) is 0.333. The third-order valence-electron chi connectivity index (χ3n) is 5.45. The highest BCUT2D eigenvalue weighted by Gasteiger charge is 2.29. The molecule has 0 amide bonds. The average molecular weight is 358 g/mol. The minimum Gasteiger partial charge on any atom is -0.327 e. The molecule has 1 heterocycles. The first-order valence-electron chi connectivity index (χ1n) is 8.88. The van der Waals surface area contributed by atoms with Crippen LogP contribution in [0.5, 0.6) is 0 Å². The van der Waals surface area contributed by atoms with E-state index < -0.39 is 17.5 Å². The second-order valence-corrected chi connectivity index (χ2v) is 7.27. The molecule has 0 saturated carbocycles. The zero-order valence-corrected chi connectivity index (χ0v) is 14.4. The number of nitrogens with zero attached hydrogens (tertiary/aromatic N) is 1. The van der Waals surface area contributed by atoms with Crippen molar-refractivity contribution in [3.63, 3.8) is 0 Å². The lowest BCUT2D eigenvalue weighted by molar-refractivity contribution is 0.300. The summed E-state index contributed by atoms with van der Waals surface area (Å²) in [6.45, 7) is 2.67.